The molecule has 0 spiro atoms. The summed E-state index contributed by atoms with van der Waals surface area (Å²) < 4.78 is 2.33. The SMILES string of the molecule is CCc1nc2ccccc2n1C(C)CC(C)N. The molecule has 1 aromatic heterocycles. The normalized spacial score (nSPS) is 15.1. The molecule has 0 fully saturated rings. The fourth-order valence-electron chi connectivity index (χ4n) is 2.48. The van der Waals surface area contributed by atoms with Crippen molar-refractivity contribution in [3.63, 3.8) is 0 Å². The molecule has 17 heavy (non-hydrogen) atoms. The number of para-hydroxylation sites is 2. The van der Waals surface area contributed by atoms with Crippen molar-refractivity contribution in [2.75, 3.05) is 0 Å². The molecular weight excluding hydrogens is 210 g/mol. The van der Waals surface area contributed by atoms with Crippen LogP contribution in [0.1, 0.15) is 39.1 Å². The van der Waals surface area contributed by atoms with Crippen LogP contribution in [0.25, 0.3) is 11.0 Å². The molecule has 2 aromatic rings. The highest BCUT2D eigenvalue weighted by Crippen LogP contribution is 2.23. The van der Waals surface area contributed by atoms with Crippen molar-refractivity contribution < 1.29 is 0 Å². The molecule has 0 aliphatic carbocycles. The number of aryl methyl sites for hydroxylation is 1. The van der Waals surface area contributed by atoms with E-state index < -0.39 is 0 Å². The molecule has 2 atom stereocenters. The van der Waals surface area contributed by atoms with Crippen LogP contribution >= 0.6 is 0 Å². The van der Waals surface area contributed by atoms with Crippen LogP contribution in [0, 0.1) is 0 Å². The molecule has 0 aliphatic heterocycles. The number of aromatic nitrogens is 2. The number of imidazole rings is 1. The van der Waals surface area contributed by atoms with Crippen LogP contribution in [-0.2, 0) is 6.42 Å². The van der Waals surface area contributed by atoms with E-state index in [2.05, 4.69) is 48.5 Å². The Morgan fingerprint density at radius 1 is 1.29 bits per heavy atom. The lowest BCUT2D eigenvalue weighted by Crippen LogP contribution is -2.21. The van der Waals surface area contributed by atoms with Crippen molar-refractivity contribution in [2.24, 2.45) is 5.73 Å². The largest absolute Gasteiger partial charge is 0.328 e. The van der Waals surface area contributed by atoms with Gasteiger partial charge in [0, 0.05) is 18.5 Å². The van der Waals surface area contributed by atoms with Crippen LogP contribution < -0.4 is 5.73 Å². The molecule has 2 rings (SSSR count). The van der Waals surface area contributed by atoms with E-state index in [0.29, 0.717) is 6.04 Å². The zero-order valence-corrected chi connectivity index (χ0v) is 10.9. The third-order valence-corrected chi connectivity index (χ3v) is 3.14. The van der Waals surface area contributed by atoms with Gasteiger partial charge < -0.3 is 10.3 Å². The summed E-state index contributed by atoms with van der Waals surface area (Å²) in [5, 5.41) is 0. The lowest BCUT2D eigenvalue weighted by atomic mass is 10.1. The monoisotopic (exact) mass is 231 g/mol. The van der Waals surface area contributed by atoms with Crippen LogP contribution in [-0.4, -0.2) is 15.6 Å². The Balaban J connectivity index is 2.49. The van der Waals surface area contributed by atoms with E-state index >= 15 is 0 Å². The first kappa shape index (κ1) is 12.1. The van der Waals surface area contributed by atoms with Crippen molar-refractivity contribution in [1.29, 1.82) is 0 Å². The number of rotatable bonds is 4. The number of nitrogens with two attached hydrogens (primary N) is 1. The predicted octanol–water partition coefficient (Wildman–Crippen LogP) is 2.90. The number of hydrogen-bond donors (Lipinski definition) is 1. The van der Waals surface area contributed by atoms with Gasteiger partial charge in [-0.25, -0.2) is 4.98 Å². The minimum absolute atomic E-state index is 0.218. The quantitative estimate of drug-likeness (QED) is 0.879. The summed E-state index contributed by atoms with van der Waals surface area (Å²) in [5.74, 6) is 1.15. The fourth-order valence-corrected chi connectivity index (χ4v) is 2.48. The molecule has 92 valence electrons. The van der Waals surface area contributed by atoms with Gasteiger partial charge in [0.2, 0.25) is 0 Å². The fraction of sp³-hybridized carbons (Fsp3) is 0.500. The zero-order chi connectivity index (χ0) is 12.4. The molecule has 0 bridgehead atoms. The van der Waals surface area contributed by atoms with E-state index in [-0.39, 0.29) is 6.04 Å². The van der Waals surface area contributed by atoms with Crippen molar-refractivity contribution >= 4 is 11.0 Å². The molecule has 2 N–H and O–H groups in total. The first-order valence-corrected chi connectivity index (χ1v) is 6.35. The molecule has 3 heteroatoms. The number of benzene rings is 1. The molecule has 0 aliphatic rings. The second-order valence-electron chi connectivity index (χ2n) is 4.80. The molecule has 0 saturated carbocycles. The number of fused-ring (bicyclic) bond motifs is 1. The van der Waals surface area contributed by atoms with Gasteiger partial charge in [0.05, 0.1) is 11.0 Å². The smallest absolute Gasteiger partial charge is 0.109 e. The van der Waals surface area contributed by atoms with Gasteiger partial charge in [-0.15, -0.1) is 0 Å². The van der Waals surface area contributed by atoms with E-state index in [1.165, 1.54) is 5.52 Å². The summed E-state index contributed by atoms with van der Waals surface area (Å²) in [5.41, 5.74) is 8.21. The Hall–Kier alpha value is -1.35. The maximum absolute atomic E-state index is 5.90. The maximum Gasteiger partial charge on any atom is 0.109 e. The van der Waals surface area contributed by atoms with Gasteiger partial charge in [0.15, 0.2) is 0 Å². The highest BCUT2D eigenvalue weighted by Gasteiger charge is 2.15. The summed E-state index contributed by atoms with van der Waals surface area (Å²) in [7, 11) is 0. The summed E-state index contributed by atoms with van der Waals surface area (Å²) in [6.45, 7) is 6.42. The predicted molar refractivity (Wildman–Crippen MR) is 72.1 cm³/mol. The summed E-state index contributed by atoms with van der Waals surface area (Å²) in [6, 6.07) is 8.93. The van der Waals surface area contributed by atoms with E-state index in [1.807, 2.05) is 6.07 Å². The van der Waals surface area contributed by atoms with Gasteiger partial charge in [-0.2, -0.15) is 0 Å². The van der Waals surface area contributed by atoms with E-state index in [4.69, 9.17) is 5.73 Å². The molecule has 0 saturated heterocycles. The van der Waals surface area contributed by atoms with Crippen molar-refractivity contribution in [2.45, 2.75) is 45.7 Å². The highest BCUT2D eigenvalue weighted by molar-refractivity contribution is 5.76. The van der Waals surface area contributed by atoms with Crippen molar-refractivity contribution in [3.8, 4) is 0 Å². The molecule has 0 amide bonds. The van der Waals surface area contributed by atoms with E-state index in [9.17, 15) is 0 Å². The first-order valence-electron chi connectivity index (χ1n) is 6.35. The number of hydrogen-bond acceptors (Lipinski definition) is 2. The molecule has 1 heterocycles. The van der Waals surface area contributed by atoms with Gasteiger partial charge in [0.1, 0.15) is 5.82 Å². The van der Waals surface area contributed by atoms with Gasteiger partial charge in [-0.1, -0.05) is 19.1 Å². The lowest BCUT2D eigenvalue weighted by Gasteiger charge is -2.19. The van der Waals surface area contributed by atoms with E-state index in [0.717, 1.165) is 24.2 Å². The van der Waals surface area contributed by atoms with Crippen LogP contribution in [0.15, 0.2) is 24.3 Å². The second kappa shape index (κ2) is 4.88. The van der Waals surface area contributed by atoms with Crippen molar-refractivity contribution in [3.05, 3.63) is 30.1 Å². The third-order valence-electron chi connectivity index (χ3n) is 3.14. The molecule has 0 radical (unpaired) electrons. The van der Waals surface area contributed by atoms with Gasteiger partial charge in [-0.3, -0.25) is 0 Å². The average Bonchev–Trinajstić information content (AvgIpc) is 2.66. The molecular formula is C14H21N3. The third kappa shape index (κ3) is 2.34. The zero-order valence-electron chi connectivity index (χ0n) is 10.9. The number of nitrogens with zero attached hydrogens (tertiary/aromatic N) is 2. The van der Waals surface area contributed by atoms with Gasteiger partial charge in [0.25, 0.3) is 0 Å². The van der Waals surface area contributed by atoms with E-state index in [1.54, 1.807) is 0 Å². The lowest BCUT2D eigenvalue weighted by molar-refractivity contribution is 0.462. The topological polar surface area (TPSA) is 43.8 Å². The van der Waals surface area contributed by atoms with Gasteiger partial charge in [-0.05, 0) is 32.4 Å². The Morgan fingerprint density at radius 2 is 2.00 bits per heavy atom. The van der Waals surface area contributed by atoms with Crippen LogP contribution in [0.5, 0.6) is 0 Å². The summed E-state index contributed by atoms with van der Waals surface area (Å²) in [4.78, 5) is 4.68. The summed E-state index contributed by atoms with van der Waals surface area (Å²) >= 11 is 0. The average molecular weight is 231 g/mol. The molecule has 1 aromatic carbocycles. The Morgan fingerprint density at radius 3 is 2.65 bits per heavy atom. The second-order valence-corrected chi connectivity index (χ2v) is 4.80. The maximum atomic E-state index is 5.90. The standard InChI is InChI=1S/C14H21N3/c1-4-14-16-12-7-5-6-8-13(12)17(14)11(3)9-10(2)15/h5-8,10-11H,4,9,15H2,1-3H3. The Bertz CT molecular complexity index is 499. The first-order chi connectivity index (χ1) is 8.13. The minimum atomic E-state index is 0.218. The minimum Gasteiger partial charge on any atom is -0.328 e. The van der Waals surface area contributed by atoms with Crippen LogP contribution in [0.3, 0.4) is 0 Å². The van der Waals surface area contributed by atoms with Gasteiger partial charge >= 0.3 is 0 Å². The summed E-state index contributed by atoms with van der Waals surface area (Å²) in [6.07, 6.45) is 1.94. The highest BCUT2D eigenvalue weighted by atomic mass is 15.1. The van der Waals surface area contributed by atoms with Crippen molar-refractivity contribution in [1.82, 2.24) is 9.55 Å². The van der Waals surface area contributed by atoms with Crippen LogP contribution in [0.4, 0.5) is 0 Å². The Kier molecular flexibility index (Phi) is 3.48. The van der Waals surface area contributed by atoms with Crippen LogP contribution in [0.2, 0.25) is 0 Å². The Labute approximate surface area is 103 Å². The molecule has 2 unspecified atom stereocenters. The molecule has 3 nitrogen and oxygen atoms in total.